The second-order valence-corrected chi connectivity index (χ2v) is 5.76. The van der Waals surface area contributed by atoms with E-state index >= 15 is 0 Å². The molecule has 0 radical (unpaired) electrons. The average molecular weight is 266 g/mol. The van der Waals surface area contributed by atoms with Gasteiger partial charge in [-0.05, 0) is 26.2 Å². The van der Waals surface area contributed by atoms with Crippen LogP contribution in [0, 0.1) is 0 Å². The van der Waals surface area contributed by atoms with Gasteiger partial charge < -0.3 is 9.80 Å². The topological polar surface area (TPSA) is 6.48 Å². The van der Waals surface area contributed by atoms with E-state index in [9.17, 15) is 0 Å². The third-order valence-corrected chi connectivity index (χ3v) is 4.17. The van der Waals surface area contributed by atoms with Crippen molar-refractivity contribution in [3.05, 3.63) is 12.4 Å². The Kier molecular flexibility index (Phi) is 8.77. The van der Waals surface area contributed by atoms with Crippen molar-refractivity contribution in [2.45, 2.75) is 84.7 Å². The third kappa shape index (κ3) is 5.88. The van der Waals surface area contributed by atoms with Crippen LogP contribution in [0.3, 0.4) is 0 Å². The minimum atomic E-state index is 0.642. The Morgan fingerprint density at radius 2 is 1.37 bits per heavy atom. The third-order valence-electron chi connectivity index (χ3n) is 4.17. The van der Waals surface area contributed by atoms with E-state index in [2.05, 4.69) is 43.0 Å². The largest absolute Gasteiger partial charge is 0.356 e. The van der Waals surface area contributed by atoms with Crippen molar-refractivity contribution >= 4 is 0 Å². The lowest BCUT2D eigenvalue weighted by atomic mass is 10.1. The van der Waals surface area contributed by atoms with E-state index in [1.54, 1.807) is 0 Å². The highest BCUT2D eigenvalue weighted by molar-refractivity contribution is 4.96. The number of rotatable bonds is 11. The molecule has 19 heavy (non-hydrogen) atoms. The maximum absolute atomic E-state index is 2.57. The minimum Gasteiger partial charge on any atom is -0.356 e. The molecule has 0 amide bonds. The standard InChI is InChI=1S/C17H34N2/c1-4-7-9-11-13-17-18(6-3)15-16-19(17)14-12-10-8-5-2/h15-17H,4-14H2,1-3H3. The summed E-state index contributed by atoms with van der Waals surface area (Å²) in [7, 11) is 0. The van der Waals surface area contributed by atoms with Crippen LogP contribution in [-0.4, -0.2) is 29.1 Å². The summed E-state index contributed by atoms with van der Waals surface area (Å²) >= 11 is 0. The van der Waals surface area contributed by atoms with Gasteiger partial charge in [0.25, 0.3) is 0 Å². The fourth-order valence-corrected chi connectivity index (χ4v) is 2.91. The monoisotopic (exact) mass is 266 g/mol. The summed E-state index contributed by atoms with van der Waals surface area (Å²) in [4.78, 5) is 5.08. The summed E-state index contributed by atoms with van der Waals surface area (Å²) in [6, 6.07) is 0. The summed E-state index contributed by atoms with van der Waals surface area (Å²) < 4.78 is 0. The predicted octanol–water partition coefficient (Wildman–Crippen LogP) is 4.97. The van der Waals surface area contributed by atoms with Crippen molar-refractivity contribution < 1.29 is 0 Å². The SMILES string of the molecule is CCCCCCC1N(CC)C=CN1CCCCCC. The Bertz CT molecular complexity index is 237. The van der Waals surface area contributed by atoms with Gasteiger partial charge in [-0.2, -0.15) is 0 Å². The van der Waals surface area contributed by atoms with Crippen LogP contribution in [0.1, 0.15) is 78.6 Å². The maximum Gasteiger partial charge on any atom is 0.101 e. The molecule has 0 saturated carbocycles. The smallest absolute Gasteiger partial charge is 0.101 e. The molecular formula is C17H34N2. The molecule has 0 aromatic rings. The van der Waals surface area contributed by atoms with Crippen molar-refractivity contribution in [1.82, 2.24) is 9.80 Å². The van der Waals surface area contributed by atoms with Crippen LogP contribution >= 0.6 is 0 Å². The molecule has 2 heteroatoms. The zero-order valence-corrected chi connectivity index (χ0v) is 13.4. The lowest BCUT2D eigenvalue weighted by Gasteiger charge is -2.32. The lowest BCUT2D eigenvalue weighted by molar-refractivity contribution is 0.142. The molecule has 0 aliphatic carbocycles. The number of hydrogen-bond acceptors (Lipinski definition) is 2. The Labute approximate surface area is 120 Å². The number of hydrogen-bond donors (Lipinski definition) is 0. The van der Waals surface area contributed by atoms with Gasteiger partial charge in [0.2, 0.25) is 0 Å². The highest BCUT2D eigenvalue weighted by Crippen LogP contribution is 2.22. The van der Waals surface area contributed by atoms with Crippen LogP contribution in [0.2, 0.25) is 0 Å². The van der Waals surface area contributed by atoms with Gasteiger partial charge >= 0.3 is 0 Å². The van der Waals surface area contributed by atoms with E-state index in [0.29, 0.717) is 6.17 Å². The molecule has 0 fully saturated rings. The molecule has 0 N–H and O–H groups in total. The fraction of sp³-hybridized carbons (Fsp3) is 0.882. The van der Waals surface area contributed by atoms with E-state index in [-0.39, 0.29) is 0 Å². The first kappa shape index (κ1) is 16.4. The summed E-state index contributed by atoms with van der Waals surface area (Å²) in [5.74, 6) is 0. The van der Waals surface area contributed by atoms with Crippen LogP contribution in [-0.2, 0) is 0 Å². The second-order valence-electron chi connectivity index (χ2n) is 5.76. The van der Waals surface area contributed by atoms with Crippen LogP contribution in [0.25, 0.3) is 0 Å². The molecule has 1 atom stereocenters. The molecule has 1 heterocycles. The Balaban J connectivity index is 2.29. The van der Waals surface area contributed by atoms with Crippen molar-refractivity contribution in [3.63, 3.8) is 0 Å². The van der Waals surface area contributed by atoms with Gasteiger partial charge in [-0.25, -0.2) is 0 Å². The second kappa shape index (κ2) is 10.2. The molecule has 1 unspecified atom stereocenters. The van der Waals surface area contributed by atoms with Gasteiger partial charge in [-0.3, -0.25) is 0 Å². The maximum atomic E-state index is 2.57. The molecule has 1 aliphatic heterocycles. The van der Waals surface area contributed by atoms with Crippen LogP contribution < -0.4 is 0 Å². The number of nitrogens with zero attached hydrogens (tertiary/aromatic N) is 2. The molecule has 1 aliphatic rings. The quantitative estimate of drug-likeness (QED) is 0.487. The van der Waals surface area contributed by atoms with E-state index < -0.39 is 0 Å². The highest BCUT2D eigenvalue weighted by Gasteiger charge is 2.23. The van der Waals surface area contributed by atoms with Gasteiger partial charge in [0.05, 0.1) is 0 Å². The Morgan fingerprint density at radius 3 is 2.00 bits per heavy atom. The molecule has 112 valence electrons. The van der Waals surface area contributed by atoms with Gasteiger partial charge in [0.15, 0.2) is 0 Å². The molecule has 0 aromatic carbocycles. The molecule has 0 spiro atoms. The summed E-state index contributed by atoms with van der Waals surface area (Å²) in [6.07, 6.45) is 17.5. The van der Waals surface area contributed by atoms with Crippen molar-refractivity contribution in [1.29, 1.82) is 0 Å². The van der Waals surface area contributed by atoms with E-state index in [1.807, 2.05) is 0 Å². The van der Waals surface area contributed by atoms with E-state index in [0.717, 1.165) is 6.54 Å². The highest BCUT2D eigenvalue weighted by atomic mass is 15.4. The molecule has 0 bridgehead atoms. The molecule has 0 saturated heterocycles. The predicted molar refractivity (Wildman–Crippen MR) is 84.9 cm³/mol. The molecule has 1 rings (SSSR count). The van der Waals surface area contributed by atoms with Crippen LogP contribution in [0.4, 0.5) is 0 Å². The van der Waals surface area contributed by atoms with Crippen LogP contribution in [0.15, 0.2) is 12.4 Å². The van der Waals surface area contributed by atoms with Gasteiger partial charge in [-0.15, -0.1) is 0 Å². The van der Waals surface area contributed by atoms with Crippen LogP contribution in [0.5, 0.6) is 0 Å². The summed E-state index contributed by atoms with van der Waals surface area (Å²) in [5, 5.41) is 0. The molecule has 0 aromatic heterocycles. The van der Waals surface area contributed by atoms with E-state index in [1.165, 1.54) is 64.3 Å². The normalized spacial score (nSPS) is 18.6. The summed E-state index contributed by atoms with van der Waals surface area (Å²) in [5.41, 5.74) is 0. The van der Waals surface area contributed by atoms with E-state index in [4.69, 9.17) is 0 Å². The van der Waals surface area contributed by atoms with Gasteiger partial charge in [0.1, 0.15) is 6.17 Å². The average Bonchev–Trinajstić information content (AvgIpc) is 2.82. The fourth-order valence-electron chi connectivity index (χ4n) is 2.91. The first-order valence-corrected chi connectivity index (χ1v) is 8.53. The zero-order valence-electron chi connectivity index (χ0n) is 13.4. The minimum absolute atomic E-state index is 0.642. The number of unbranched alkanes of at least 4 members (excludes halogenated alkanes) is 6. The molecule has 2 nitrogen and oxygen atoms in total. The van der Waals surface area contributed by atoms with Gasteiger partial charge in [0, 0.05) is 25.5 Å². The van der Waals surface area contributed by atoms with Crippen molar-refractivity contribution in [2.24, 2.45) is 0 Å². The first-order chi connectivity index (χ1) is 9.33. The molecular weight excluding hydrogens is 232 g/mol. The Hall–Kier alpha value is -0.660. The van der Waals surface area contributed by atoms with Crippen molar-refractivity contribution in [3.8, 4) is 0 Å². The summed E-state index contributed by atoms with van der Waals surface area (Å²) in [6.45, 7) is 9.22. The van der Waals surface area contributed by atoms with Gasteiger partial charge in [-0.1, -0.05) is 52.4 Å². The lowest BCUT2D eigenvalue weighted by Crippen LogP contribution is -2.38. The first-order valence-electron chi connectivity index (χ1n) is 8.53. The zero-order chi connectivity index (χ0) is 13.9. The van der Waals surface area contributed by atoms with Crippen molar-refractivity contribution in [2.75, 3.05) is 13.1 Å². The Morgan fingerprint density at radius 1 is 0.737 bits per heavy atom.